The molecule has 0 fully saturated rings. The Balaban J connectivity index is 1.72. The molecule has 1 aliphatic carbocycles. The zero-order valence-corrected chi connectivity index (χ0v) is 21.8. The van der Waals surface area contributed by atoms with Crippen LogP contribution in [0.25, 0.3) is 0 Å². The monoisotopic (exact) mass is 448 g/mol. The van der Waals surface area contributed by atoms with Gasteiger partial charge in [0.25, 0.3) is 0 Å². The molecule has 1 aromatic carbocycles. The largest absolute Gasteiger partial charge is 0.289 e. The Morgan fingerprint density at radius 1 is 0.818 bits per heavy atom. The second-order valence-corrected chi connectivity index (χ2v) is 10.5. The fraction of sp³-hybridized carbons (Fsp3) is 0.548. The summed E-state index contributed by atoms with van der Waals surface area (Å²) in [6.07, 6.45) is 15.1. The highest BCUT2D eigenvalue weighted by Gasteiger charge is 2.28. The number of hydrogen-bond acceptors (Lipinski definition) is 2. The van der Waals surface area contributed by atoms with E-state index in [4.69, 9.17) is 0 Å². The number of Topliss-reactive ketones (excluding diaryl/α,β-unsaturated/α-hetero) is 2. The van der Waals surface area contributed by atoms with Crippen molar-refractivity contribution >= 4 is 11.6 Å². The minimum absolute atomic E-state index is 0.00802. The van der Waals surface area contributed by atoms with E-state index in [2.05, 4.69) is 46.8 Å². The molecule has 1 aliphatic rings. The third-order valence-corrected chi connectivity index (χ3v) is 7.01. The third-order valence-electron chi connectivity index (χ3n) is 7.01. The zero-order chi connectivity index (χ0) is 24.4. The van der Waals surface area contributed by atoms with Gasteiger partial charge in [-0.25, -0.2) is 0 Å². The van der Waals surface area contributed by atoms with Crippen LogP contribution in [0.3, 0.4) is 0 Å². The van der Waals surface area contributed by atoms with Gasteiger partial charge in [-0.2, -0.15) is 0 Å². The number of hydrogen-bond donors (Lipinski definition) is 0. The van der Waals surface area contributed by atoms with Gasteiger partial charge in [0.05, 0.1) is 0 Å². The van der Waals surface area contributed by atoms with Crippen molar-refractivity contribution in [2.24, 2.45) is 11.8 Å². The van der Waals surface area contributed by atoms with Gasteiger partial charge in [-0.05, 0) is 71.6 Å². The first-order valence-corrected chi connectivity index (χ1v) is 12.9. The van der Waals surface area contributed by atoms with E-state index in [0.717, 1.165) is 18.3 Å². The van der Waals surface area contributed by atoms with E-state index in [-0.39, 0.29) is 11.6 Å². The average Bonchev–Trinajstić information content (AvgIpc) is 2.77. The quantitative estimate of drug-likeness (QED) is 0.282. The Morgan fingerprint density at radius 3 is 2.03 bits per heavy atom. The summed E-state index contributed by atoms with van der Waals surface area (Å²) in [5.41, 5.74) is 5.09. The maximum Gasteiger partial charge on any atom is 0.190 e. The molecule has 0 aliphatic heterocycles. The Bertz CT molecular complexity index is 909. The number of carbonyl (C=O) groups excluding carboxylic acids is 2. The molecule has 2 nitrogen and oxygen atoms in total. The highest BCUT2D eigenvalue weighted by Crippen LogP contribution is 2.29. The highest BCUT2D eigenvalue weighted by molar-refractivity contribution is 6.26. The lowest BCUT2D eigenvalue weighted by atomic mass is 9.83. The lowest BCUT2D eigenvalue weighted by Gasteiger charge is -2.18. The van der Waals surface area contributed by atoms with Gasteiger partial charge >= 0.3 is 0 Å². The predicted octanol–water partition coefficient (Wildman–Crippen LogP) is 9.08. The van der Waals surface area contributed by atoms with Crippen molar-refractivity contribution < 1.29 is 9.59 Å². The molecule has 0 N–H and O–H groups in total. The van der Waals surface area contributed by atoms with E-state index in [1.165, 1.54) is 56.1 Å². The molecule has 180 valence electrons. The summed E-state index contributed by atoms with van der Waals surface area (Å²) in [5.74, 6) is 1.58. The van der Waals surface area contributed by atoms with Gasteiger partial charge in [0.15, 0.2) is 11.6 Å². The van der Waals surface area contributed by atoms with Crippen LogP contribution in [0.15, 0.2) is 58.7 Å². The van der Waals surface area contributed by atoms with Crippen LogP contribution in [-0.4, -0.2) is 11.6 Å². The van der Waals surface area contributed by atoms with Gasteiger partial charge in [-0.3, -0.25) is 9.59 Å². The van der Waals surface area contributed by atoms with Crippen molar-refractivity contribution in [1.29, 1.82) is 0 Å². The van der Waals surface area contributed by atoms with Gasteiger partial charge in [0.2, 0.25) is 0 Å². The number of benzene rings is 1. The van der Waals surface area contributed by atoms with Crippen LogP contribution in [0.2, 0.25) is 0 Å². The summed E-state index contributed by atoms with van der Waals surface area (Å²) in [6.45, 7) is 13.1. The third kappa shape index (κ3) is 8.57. The Hall–Kier alpha value is -2.22. The summed E-state index contributed by atoms with van der Waals surface area (Å²) in [5, 5.41) is 0. The number of rotatable bonds is 13. The maximum absolute atomic E-state index is 12.9. The van der Waals surface area contributed by atoms with Crippen LogP contribution in [0.5, 0.6) is 0 Å². The number of allylic oxidation sites excluding steroid dienone is 6. The topological polar surface area (TPSA) is 34.1 Å². The highest BCUT2D eigenvalue weighted by atomic mass is 16.1. The second kappa shape index (κ2) is 13.5. The zero-order valence-electron chi connectivity index (χ0n) is 21.8. The van der Waals surface area contributed by atoms with Gasteiger partial charge < -0.3 is 0 Å². The first-order chi connectivity index (χ1) is 15.7. The van der Waals surface area contributed by atoms with E-state index < -0.39 is 0 Å². The summed E-state index contributed by atoms with van der Waals surface area (Å²) in [7, 11) is 0. The molecule has 0 spiro atoms. The summed E-state index contributed by atoms with van der Waals surface area (Å²) >= 11 is 0. The van der Waals surface area contributed by atoms with Gasteiger partial charge in [0.1, 0.15) is 0 Å². The fourth-order valence-corrected chi connectivity index (χ4v) is 4.66. The van der Waals surface area contributed by atoms with Crippen molar-refractivity contribution in [3.05, 3.63) is 69.8 Å². The van der Waals surface area contributed by atoms with E-state index in [1.807, 2.05) is 12.1 Å². The normalized spacial score (nSPS) is 16.0. The molecule has 0 radical (unpaired) electrons. The minimum Gasteiger partial charge on any atom is -0.289 e. The van der Waals surface area contributed by atoms with E-state index in [1.54, 1.807) is 19.1 Å². The molecule has 1 aromatic rings. The minimum atomic E-state index is -0.00802. The number of ketones is 2. The molecular weight excluding hydrogens is 404 g/mol. The molecule has 2 atom stereocenters. The Morgan fingerprint density at radius 2 is 1.39 bits per heavy atom. The molecule has 33 heavy (non-hydrogen) atoms. The molecule has 0 saturated heterocycles. The fourth-order valence-electron chi connectivity index (χ4n) is 4.66. The van der Waals surface area contributed by atoms with Crippen LogP contribution < -0.4 is 0 Å². The van der Waals surface area contributed by atoms with Crippen molar-refractivity contribution in [3.8, 4) is 0 Å². The molecule has 2 heteroatoms. The summed E-state index contributed by atoms with van der Waals surface area (Å²) in [6, 6.07) is 7.17. The van der Waals surface area contributed by atoms with Crippen molar-refractivity contribution in [1.82, 2.24) is 0 Å². The average molecular weight is 449 g/mol. The lowest BCUT2D eigenvalue weighted by Crippen LogP contribution is -2.20. The Labute approximate surface area is 202 Å². The molecule has 2 unspecified atom stereocenters. The second-order valence-electron chi connectivity index (χ2n) is 10.5. The number of carbonyl (C=O) groups is 2. The van der Waals surface area contributed by atoms with Gasteiger partial charge in [0, 0.05) is 22.3 Å². The van der Waals surface area contributed by atoms with Gasteiger partial charge in [-0.1, -0.05) is 87.1 Å². The molecule has 2 rings (SSSR count). The molecule has 0 aromatic heterocycles. The van der Waals surface area contributed by atoms with E-state index >= 15 is 0 Å². The smallest absolute Gasteiger partial charge is 0.190 e. The van der Waals surface area contributed by atoms with E-state index in [9.17, 15) is 9.59 Å². The first-order valence-electron chi connectivity index (χ1n) is 12.9. The van der Waals surface area contributed by atoms with Crippen LogP contribution in [0.1, 0.15) is 120 Å². The SMILES string of the molecule is CC(C)=CCCC(C)CCCC(C)CCC/C(C)=C/CC1=C(C)C(=O)c2ccccc2C1=O. The van der Waals surface area contributed by atoms with Gasteiger partial charge in [-0.15, -0.1) is 0 Å². The maximum atomic E-state index is 12.9. The van der Waals surface area contributed by atoms with Crippen LogP contribution >= 0.6 is 0 Å². The van der Waals surface area contributed by atoms with Crippen LogP contribution in [-0.2, 0) is 0 Å². The van der Waals surface area contributed by atoms with E-state index in [0.29, 0.717) is 28.7 Å². The van der Waals surface area contributed by atoms with Crippen molar-refractivity contribution in [2.75, 3.05) is 0 Å². The Kier molecular flexibility index (Phi) is 11.0. The first kappa shape index (κ1) is 27.0. The molecule has 0 amide bonds. The summed E-state index contributed by atoms with van der Waals surface area (Å²) < 4.78 is 0. The van der Waals surface area contributed by atoms with Crippen LogP contribution in [0, 0.1) is 11.8 Å². The molecule has 0 bridgehead atoms. The predicted molar refractivity (Wildman–Crippen MR) is 141 cm³/mol. The van der Waals surface area contributed by atoms with Crippen LogP contribution in [0.4, 0.5) is 0 Å². The molecule has 0 saturated carbocycles. The molecule has 0 heterocycles. The molecular formula is C31H44O2. The summed E-state index contributed by atoms with van der Waals surface area (Å²) in [4.78, 5) is 25.5. The lowest BCUT2D eigenvalue weighted by molar-refractivity contribution is 0.0973. The van der Waals surface area contributed by atoms with Crippen molar-refractivity contribution in [2.45, 2.75) is 99.3 Å². The van der Waals surface area contributed by atoms with Crippen molar-refractivity contribution in [3.63, 3.8) is 0 Å². The number of fused-ring (bicyclic) bond motifs is 1. The standard InChI is InChI=1S/C31H44O2/c1-22(2)12-9-13-23(3)14-10-15-24(4)16-11-17-25(5)20-21-27-26(6)30(32)28-18-7-8-19-29(28)31(27)33/h7-8,12,18-20,23-24H,9-11,13-17,21H2,1-6H3/b25-20+.